The Kier molecular flexibility index (Phi) is 4.39. The minimum absolute atomic E-state index is 0.257. The molecule has 1 rings (SSSR count). The number of rotatable bonds is 6. The number of Topliss-reactive ketones (excluding diaryl/α,β-unsaturated/α-hetero) is 2. The Hall–Kier alpha value is -1.46. The molecule has 0 atom stereocenters. The van der Waals surface area contributed by atoms with E-state index in [9.17, 15) is 9.59 Å². The first-order valence-corrected chi connectivity index (χ1v) is 4.75. The van der Waals surface area contributed by atoms with Crippen molar-refractivity contribution in [1.29, 1.82) is 0 Å². The van der Waals surface area contributed by atoms with Gasteiger partial charge in [0.25, 0.3) is 0 Å². The zero-order chi connectivity index (χ0) is 12.1. The van der Waals surface area contributed by atoms with Gasteiger partial charge in [-0.15, -0.1) is 0 Å². The standard InChI is InChI=1S/C11H14O5/c1-7-8(4-5-16-7)9(12)6-10(13)11(14-2)15-3/h4-5,11H,6H2,1-3H3. The van der Waals surface area contributed by atoms with E-state index in [2.05, 4.69) is 0 Å². The van der Waals surface area contributed by atoms with Crippen LogP contribution in [-0.4, -0.2) is 32.1 Å². The van der Waals surface area contributed by atoms with Crippen LogP contribution in [-0.2, 0) is 14.3 Å². The predicted molar refractivity (Wildman–Crippen MR) is 55.2 cm³/mol. The van der Waals surface area contributed by atoms with Gasteiger partial charge < -0.3 is 13.9 Å². The third-order valence-corrected chi connectivity index (χ3v) is 2.19. The lowest BCUT2D eigenvalue weighted by molar-refractivity contribution is -0.155. The number of hydrogen-bond acceptors (Lipinski definition) is 5. The minimum Gasteiger partial charge on any atom is -0.469 e. The second-order valence-electron chi connectivity index (χ2n) is 3.26. The Balaban J connectivity index is 2.65. The van der Waals surface area contributed by atoms with E-state index in [1.165, 1.54) is 20.5 Å². The molecular formula is C11H14O5. The van der Waals surface area contributed by atoms with E-state index < -0.39 is 12.1 Å². The molecule has 1 aromatic rings. The monoisotopic (exact) mass is 226 g/mol. The van der Waals surface area contributed by atoms with Crippen LogP contribution in [0, 0.1) is 6.92 Å². The lowest BCUT2D eigenvalue weighted by atomic mass is 10.1. The van der Waals surface area contributed by atoms with Crippen molar-refractivity contribution in [2.24, 2.45) is 0 Å². The molecule has 0 fully saturated rings. The van der Waals surface area contributed by atoms with Gasteiger partial charge in [-0.3, -0.25) is 9.59 Å². The quantitative estimate of drug-likeness (QED) is 0.416. The molecule has 0 spiro atoms. The number of aryl methyl sites for hydroxylation is 1. The van der Waals surface area contributed by atoms with Gasteiger partial charge in [0, 0.05) is 14.2 Å². The number of hydrogen-bond donors (Lipinski definition) is 0. The van der Waals surface area contributed by atoms with Crippen molar-refractivity contribution < 1.29 is 23.5 Å². The Morgan fingerprint density at radius 1 is 1.38 bits per heavy atom. The van der Waals surface area contributed by atoms with Crippen LogP contribution in [0.1, 0.15) is 22.5 Å². The molecule has 16 heavy (non-hydrogen) atoms. The highest BCUT2D eigenvalue weighted by molar-refractivity contribution is 6.09. The largest absolute Gasteiger partial charge is 0.469 e. The first kappa shape index (κ1) is 12.6. The van der Waals surface area contributed by atoms with Crippen molar-refractivity contribution in [3.05, 3.63) is 23.7 Å². The van der Waals surface area contributed by atoms with Crippen LogP contribution in [0.3, 0.4) is 0 Å². The fraction of sp³-hybridized carbons (Fsp3) is 0.455. The number of ether oxygens (including phenoxy) is 2. The van der Waals surface area contributed by atoms with Gasteiger partial charge in [0.15, 0.2) is 11.6 Å². The van der Waals surface area contributed by atoms with Gasteiger partial charge in [-0.1, -0.05) is 0 Å². The summed E-state index contributed by atoms with van der Waals surface area (Å²) in [7, 11) is 2.69. The Morgan fingerprint density at radius 3 is 2.44 bits per heavy atom. The second kappa shape index (κ2) is 5.58. The second-order valence-corrected chi connectivity index (χ2v) is 3.26. The molecule has 0 saturated carbocycles. The van der Waals surface area contributed by atoms with Gasteiger partial charge in [0.05, 0.1) is 18.2 Å². The molecule has 0 saturated heterocycles. The molecule has 5 heteroatoms. The molecule has 1 heterocycles. The lowest BCUT2D eigenvalue weighted by Crippen LogP contribution is -2.27. The molecule has 0 amide bonds. The Bertz CT molecular complexity index is 375. The first-order valence-electron chi connectivity index (χ1n) is 4.75. The van der Waals surface area contributed by atoms with Crippen LogP contribution < -0.4 is 0 Å². The number of carbonyl (C=O) groups excluding carboxylic acids is 2. The number of carbonyl (C=O) groups is 2. The normalized spacial score (nSPS) is 10.8. The molecule has 0 aromatic carbocycles. The van der Waals surface area contributed by atoms with E-state index in [1.807, 2.05) is 0 Å². The number of furan rings is 1. The minimum atomic E-state index is -0.990. The maximum absolute atomic E-state index is 11.7. The van der Waals surface area contributed by atoms with E-state index in [1.54, 1.807) is 13.0 Å². The molecule has 0 aliphatic heterocycles. The lowest BCUT2D eigenvalue weighted by Gasteiger charge is -2.10. The van der Waals surface area contributed by atoms with E-state index in [0.717, 1.165) is 0 Å². The zero-order valence-electron chi connectivity index (χ0n) is 9.48. The molecule has 88 valence electrons. The maximum Gasteiger partial charge on any atom is 0.217 e. The third-order valence-electron chi connectivity index (χ3n) is 2.19. The van der Waals surface area contributed by atoms with Gasteiger partial charge in [-0.25, -0.2) is 0 Å². The molecule has 0 aliphatic carbocycles. The van der Waals surface area contributed by atoms with E-state index >= 15 is 0 Å². The van der Waals surface area contributed by atoms with Crippen molar-refractivity contribution in [3.63, 3.8) is 0 Å². The van der Waals surface area contributed by atoms with E-state index in [4.69, 9.17) is 13.9 Å². The average Bonchev–Trinajstić information content (AvgIpc) is 2.66. The van der Waals surface area contributed by atoms with Crippen LogP contribution in [0.5, 0.6) is 0 Å². The van der Waals surface area contributed by atoms with Gasteiger partial charge in [-0.2, -0.15) is 0 Å². The summed E-state index contributed by atoms with van der Waals surface area (Å²) in [6, 6.07) is 1.54. The maximum atomic E-state index is 11.7. The van der Waals surface area contributed by atoms with Gasteiger partial charge >= 0.3 is 0 Å². The first-order chi connectivity index (χ1) is 7.60. The average molecular weight is 226 g/mol. The zero-order valence-corrected chi connectivity index (χ0v) is 9.48. The summed E-state index contributed by atoms with van der Waals surface area (Å²) in [5.41, 5.74) is 0.416. The van der Waals surface area contributed by atoms with Gasteiger partial charge in [0.1, 0.15) is 5.76 Å². The van der Waals surface area contributed by atoms with Gasteiger partial charge in [0.2, 0.25) is 6.29 Å². The summed E-state index contributed by atoms with van der Waals surface area (Å²) < 4.78 is 14.5. The molecule has 0 bridgehead atoms. The molecule has 0 radical (unpaired) electrons. The molecule has 5 nitrogen and oxygen atoms in total. The fourth-order valence-electron chi connectivity index (χ4n) is 1.37. The highest BCUT2D eigenvalue weighted by Crippen LogP contribution is 2.12. The highest BCUT2D eigenvalue weighted by atomic mass is 16.7. The van der Waals surface area contributed by atoms with Crippen molar-refractivity contribution in [2.45, 2.75) is 19.6 Å². The fourth-order valence-corrected chi connectivity index (χ4v) is 1.37. The molecule has 1 aromatic heterocycles. The topological polar surface area (TPSA) is 65.7 Å². The molecule has 0 unspecified atom stereocenters. The summed E-state index contributed by atoms with van der Waals surface area (Å²) >= 11 is 0. The smallest absolute Gasteiger partial charge is 0.217 e. The number of ketones is 2. The summed E-state index contributed by atoms with van der Waals surface area (Å²) in [6.07, 6.45) is 0.167. The Labute approximate surface area is 93.3 Å². The third kappa shape index (κ3) is 2.77. The predicted octanol–water partition coefficient (Wildman–Crippen LogP) is 1.35. The van der Waals surface area contributed by atoms with Crippen molar-refractivity contribution in [3.8, 4) is 0 Å². The summed E-state index contributed by atoms with van der Waals surface area (Å²) in [6.45, 7) is 1.67. The molecule has 0 aliphatic rings. The Morgan fingerprint density at radius 2 is 2.00 bits per heavy atom. The summed E-state index contributed by atoms with van der Waals surface area (Å²) in [4.78, 5) is 23.2. The van der Waals surface area contributed by atoms with Crippen LogP contribution in [0.15, 0.2) is 16.7 Å². The van der Waals surface area contributed by atoms with Crippen LogP contribution in [0.25, 0.3) is 0 Å². The summed E-state index contributed by atoms with van der Waals surface area (Å²) in [5.74, 6) is -0.199. The van der Waals surface area contributed by atoms with Crippen LogP contribution >= 0.6 is 0 Å². The van der Waals surface area contributed by atoms with Crippen molar-refractivity contribution in [2.75, 3.05) is 14.2 Å². The van der Waals surface area contributed by atoms with Crippen molar-refractivity contribution in [1.82, 2.24) is 0 Å². The van der Waals surface area contributed by atoms with Crippen LogP contribution in [0.2, 0.25) is 0 Å². The number of methoxy groups -OCH3 is 2. The molecular weight excluding hydrogens is 212 g/mol. The van der Waals surface area contributed by atoms with E-state index in [-0.39, 0.29) is 12.2 Å². The van der Waals surface area contributed by atoms with Crippen LogP contribution in [0.4, 0.5) is 0 Å². The SMILES string of the molecule is COC(OC)C(=O)CC(=O)c1ccoc1C. The summed E-state index contributed by atoms with van der Waals surface area (Å²) in [5, 5.41) is 0. The van der Waals surface area contributed by atoms with Gasteiger partial charge in [-0.05, 0) is 13.0 Å². The highest BCUT2D eigenvalue weighted by Gasteiger charge is 2.22. The van der Waals surface area contributed by atoms with Crippen molar-refractivity contribution >= 4 is 11.6 Å². The van der Waals surface area contributed by atoms with E-state index in [0.29, 0.717) is 11.3 Å². The molecule has 0 N–H and O–H groups in total.